The predicted molar refractivity (Wildman–Crippen MR) is 129 cm³/mol. The third-order valence-corrected chi connectivity index (χ3v) is 12.4. The minimum atomic E-state index is -2.13. The molecule has 9 heteroatoms. The van der Waals surface area contributed by atoms with Gasteiger partial charge in [-0.3, -0.25) is 0 Å². The lowest BCUT2D eigenvalue weighted by Gasteiger charge is -2.40. The number of fused-ring (bicyclic) bond motifs is 3. The zero-order valence-corrected chi connectivity index (χ0v) is 22.6. The van der Waals surface area contributed by atoms with Gasteiger partial charge in [-0.05, 0) is 63.5 Å². The molecule has 6 nitrogen and oxygen atoms in total. The van der Waals surface area contributed by atoms with E-state index >= 15 is 0 Å². The SMILES string of the molecule is CCOC(=O)C1=C[C@H](O[Si](C)(C)C(C)(C)C)[C@@H]2[C@@H](OC(=S)SC)[C@H]3OC(C)(C)O[C@H]3[C@H]12. The van der Waals surface area contributed by atoms with Crippen LogP contribution in [-0.2, 0) is 28.2 Å². The molecule has 3 rings (SSSR count). The molecule has 0 spiro atoms. The van der Waals surface area contributed by atoms with E-state index < -0.39 is 14.1 Å². The Kier molecular flexibility index (Phi) is 7.08. The van der Waals surface area contributed by atoms with Gasteiger partial charge in [0.15, 0.2) is 14.1 Å². The smallest absolute Gasteiger partial charge is 0.334 e. The van der Waals surface area contributed by atoms with E-state index in [4.69, 9.17) is 35.6 Å². The molecule has 1 saturated carbocycles. The van der Waals surface area contributed by atoms with Crippen molar-refractivity contribution < 1.29 is 28.2 Å². The fourth-order valence-electron chi connectivity index (χ4n) is 4.52. The topological polar surface area (TPSA) is 63.2 Å². The molecule has 1 saturated heterocycles. The highest BCUT2D eigenvalue weighted by molar-refractivity contribution is 8.22. The number of carbonyl (C=O) groups is 1. The molecule has 176 valence electrons. The zero-order valence-electron chi connectivity index (χ0n) is 20.0. The van der Waals surface area contributed by atoms with Crippen molar-refractivity contribution in [1.29, 1.82) is 0 Å². The maximum absolute atomic E-state index is 12.9. The monoisotopic (exact) mass is 488 g/mol. The Morgan fingerprint density at radius 2 is 1.87 bits per heavy atom. The molecule has 0 aromatic carbocycles. The second-order valence-corrected chi connectivity index (χ2v) is 16.6. The standard InChI is InChI=1S/C22H36O6S2Si/c1-10-24-19(23)12-11-13(28-31(8,9)21(2,3)4)15-14(12)17-18(27-22(5,6)26-17)16(15)25-20(29)30-7/h11,13-18H,10H2,1-9H3/t13-,14+,15-,16+,17-,18+/m0/s1. The average Bonchev–Trinajstić information content (AvgIpc) is 3.23. The maximum Gasteiger partial charge on any atom is 0.334 e. The van der Waals surface area contributed by atoms with Crippen LogP contribution in [0.5, 0.6) is 0 Å². The predicted octanol–water partition coefficient (Wildman–Crippen LogP) is 4.68. The number of esters is 1. The van der Waals surface area contributed by atoms with E-state index in [-0.39, 0.29) is 47.3 Å². The Hall–Kier alpha value is -0.453. The number of thiocarbonyl (C=S) groups is 1. The van der Waals surface area contributed by atoms with Crippen molar-refractivity contribution in [2.45, 2.75) is 89.9 Å². The molecule has 2 aliphatic carbocycles. The largest absolute Gasteiger partial charge is 0.472 e. The van der Waals surface area contributed by atoms with E-state index in [0.29, 0.717) is 16.6 Å². The minimum absolute atomic E-state index is 0.0252. The molecule has 0 aromatic heterocycles. The van der Waals surface area contributed by atoms with Crippen LogP contribution in [0.3, 0.4) is 0 Å². The molecule has 1 aliphatic heterocycles. The lowest BCUT2D eigenvalue weighted by atomic mass is 9.91. The summed E-state index contributed by atoms with van der Waals surface area (Å²) in [6.07, 6.45) is 2.52. The van der Waals surface area contributed by atoms with E-state index in [1.165, 1.54) is 11.8 Å². The fourth-order valence-corrected chi connectivity index (χ4v) is 6.10. The van der Waals surface area contributed by atoms with Gasteiger partial charge in [0.2, 0.25) is 4.38 Å². The molecular weight excluding hydrogens is 452 g/mol. The van der Waals surface area contributed by atoms with Gasteiger partial charge in [-0.1, -0.05) is 32.5 Å². The number of hydrogen-bond donors (Lipinski definition) is 0. The highest BCUT2D eigenvalue weighted by atomic mass is 32.2. The van der Waals surface area contributed by atoms with Crippen LogP contribution in [0.15, 0.2) is 11.6 Å². The molecule has 0 N–H and O–H groups in total. The quantitative estimate of drug-likeness (QED) is 0.314. The molecule has 1 heterocycles. The Morgan fingerprint density at radius 3 is 2.42 bits per heavy atom. The van der Waals surface area contributed by atoms with Gasteiger partial charge in [0.05, 0.1) is 18.8 Å². The molecular formula is C22H36O6S2Si. The highest BCUT2D eigenvalue weighted by Crippen LogP contribution is 2.55. The summed E-state index contributed by atoms with van der Waals surface area (Å²) in [5.41, 5.74) is 0.605. The van der Waals surface area contributed by atoms with Gasteiger partial charge in [0, 0.05) is 17.4 Å². The molecule has 6 atom stereocenters. The first kappa shape index (κ1) is 25.2. The van der Waals surface area contributed by atoms with Crippen molar-refractivity contribution >= 4 is 42.6 Å². The second-order valence-electron chi connectivity index (χ2n) is 10.4. The van der Waals surface area contributed by atoms with Gasteiger partial charge in [-0.2, -0.15) is 0 Å². The van der Waals surface area contributed by atoms with Crippen LogP contribution in [0, 0.1) is 11.8 Å². The van der Waals surface area contributed by atoms with Crippen LogP contribution in [0.25, 0.3) is 0 Å². The first-order chi connectivity index (χ1) is 14.2. The number of thioether (sulfide) groups is 1. The van der Waals surface area contributed by atoms with E-state index in [0.717, 1.165) is 0 Å². The van der Waals surface area contributed by atoms with Crippen molar-refractivity contribution in [2.75, 3.05) is 12.9 Å². The van der Waals surface area contributed by atoms with Gasteiger partial charge in [0.25, 0.3) is 0 Å². The summed E-state index contributed by atoms with van der Waals surface area (Å²) in [6.45, 7) is 16.9. The van der Waals surface area contributed by atoms with E-state index in [2.05, 4.69) is 33.9 Å². The lowest BCUT2D eigenvalue weighted by Crippen LogP contribution is -2.47. The summed E-state index contributed by atoms with van der Waals surface area (Å²) in [7, 11) is -2.13. The van der Waals surface area contributed by atoms with Crippen molar-refractivity contribution in [3.05, 3.63) is 11.6 Å². The Balaban J connectivity index is 2.02. The van der Waals surface area contributed by atoms with E-state index in [1.807, 2.05) is 33.1 Å². The summed E-state index contributed by atoms with van der Waals surface area (Å²) >= 11 is 6.79. The molecule has 0 unspecified atom stereocenters. The first-order valence-corrected chi connectivity index (χ1v) is 15.4. The zero-order chi connectivity index (χ0) is 23.4. The van der Waals surface area contributed by atoms with Gasteiger partial charge in [0.1, 0.15) is 12.2 Å². The second kappa shape index (κ2) is 8.72. The van der Waals surface area contributed by atoms with Crippen LogP contribution in [-0.4, -0.2) is 61.7 Å². The van der Waals surface area contributed by atoms with E-state index in [9.17, 15) is 4.79 Å². The van der Waals surface area contributed by atoms with Gasteiger partial charge in [-0.25, -0.2) is 4.79 Å². The molecule has 0 aromatic rings. The summed E-state index contributed by atoms with van der Waals surface area (Å²) in [6, 6.07) is 0. The summed E-state index contributed by atoms with van der Waals surface area (Å²) in [4.78, 5) is 12.9. The van der Waals surface area contributed by atoms with Crippen LogP contribution >= 0.6 is 24.0 Å². The first-order valence-electron chi connectivity index (χ1n) is 10.9. The van der Waals surface area contributed by atoms with Crippen LogP contribution in [0.4, 0.5) is 0 Å². The molecule has 0 bridgehead atoms. The lowest BCUT2D eigenvalue weighted by molar-refractivity contribution is -0.173. The number of carbonyl (C=O) groups excluding carboxylic acids is 1. The van der Waals surface area contributed by atoms with Crippen molar-refractivity contribution in [2.24, 2.45) is 11.8 Å². The van der Waals surface area contributed by atoms with Crippen molar-refractivity contribution in [3.63, 3.8) is 0 Å². The average molecular weight is 489 g/mol. The van der Waals surface area contributed by atoms with Crippen LogP contribution in [0.1, 0.15) is 41.5 Å². The third kappa shape index (κ3) is 4.77. The Morgan fingerprint density at radius 1 is 1.26 bits per heavy atom. The van der Waals surface area contributed by atoms with Crippen molar-refractivity contribution in [1.82, 2.24) is 0 Å². The fraction of sp³-hybridized carbons (Fsp3) is 0.818. The molecule has 2 fully saturated rings. The normalized spacial score (nSPS) is 34.2. The summed E-state index contributed by atoms with van der Waals surface area (Å²) < 4.78 is 31.5. The maximum atomic E-state index is 12.9. The molecule has 0 amide bonds. The van der Waals surface area contributed by atoms with Crippen molar-refractivity contribution in [3.8, 4) is 0 Å². The summed E-state index contributed by atoms with van der Waals surface area (Å²) in [5, 5.41) is 0.0252. The molecule has 3 aliphatic rings. The number of ether oxygens (including phenoxy) is 4. The number of hydrogen-bond acceptors (Lipinski definition) is 8. The van der Waals surface area contributed by atoms with Gasteiger partial charge >= 0.3 is 5.97 Å². The molecule has 31 heavy (non-hydrogen) atoms. The Bertz CT molecular complexity index is 760. The van der Waals surface area contributed by atoms with Gasteiger partial charge in [-0.15, -0.1) is 0 Å². The minimum Gasteiger partial charge on any atom is -0.472 e. The van der Waals surface area contributed by atoms with E-state index in [1.54, 1.807) is 0 Å². The highest BCUT2D eigenvalue weighted by Gasteiger charge is 2.66. The van der Waals surface area contributed by atoms with Crippen LogP contribution in [0.2, 0.25) is 18.1 Å². The third-order valence-electron chi connectivity index (χ3n) is 6.86. The van der Waals surface area contributed by atoms with Gasteiger partial charge < -0.3 is 23.4 Å². The molecule has 0 radical (unpaired) electrons. The summed E-state index contributed by atoms with van der Waals surface area (Å²) in [5.74, 6) is -1.44. The number of rotatable bonds is 5. The van der Waals surface area contributed by atoms with Crippen LogP contribution < -0.4 is 0 Å². The Labute approximate surface area is 196 Å².